The second kappa shape index (κ2) is 6.23. The number of hydrogen-bond donors (Lipinski definition) is 2. The normalized spacial score (nSPS) is 12.1. The van der Waals surface area contributed by atoms with Gasteiger partial charge in [0.1, 0.15) is 11.6 Å². The minimum absolute atomic E-state index is 0.0195. The number of nitrogens with one attached hydrogen (secondary N) is 2. The first kappa shape index (κ1) is 16.1. The Hall–Kier alpha value is -1.28. The number of aromatic nitrogens is 5. The zero-order valence-electron chi connectivity index (χ0n) is 13.1. The molecular formula is C13H22N6S2. The number of nitrogens with zero attached hydrogens (tertiary/aromatic N) is 4. The summed E-state index contributed by atoms with van der Waals surface area (Å²) >= 11 is 6.66. The maximum absolute atomic E-state index is 5.27. The standard InChI is InChI=1S/C13H22N6S2/c1-8(2)9-16-17-12(20)19(9)7-6-14-11-15-10(18-21-11)13(3,4)5/h8H,6-7H2,1-5H3,(H,17,20)(H,14,15,18). The van der Waals surface area contributed by atoms with Crippen LogP contribution < -0.4 is 5.32 Å². The summed E-state index contributed by atoms with van der Waals surface area (Å²) < 4.78 is 7.08. The first-order valence-electron chi connectivity index (χ1n) is 7.02. The van der Waals surface area contributed by atoms with Crippen molar-refractivity contribution in [1.29, 1.82) is 0 Å². The largest absolute Gasteiger partial charge is 0.358 e. The summed E-state index contributed by atoms with van der Waals surface area (Å²) in [5.74, 6) is 2.19. The van der Waals surface area contributed by atoms with E-state index in [1.165, 1.54) is 11.5 Å². The lowest BCUT2D eigenvalue weighted by Crippen LogP contribution is -2.15. The third-order valence-corrected chi connectivity index (χ3v) is 4.00. The fourth-order valence-corrected chi connectivity index (χ4v) is 2.87. The highest BCUT2D eigenvalue weighted by Gasteiger charge is 2.19. The highest BCUT2D eigenvalue weighted by molar-refractivity contribution is 7.71. The van der Waals surface area contributed by atoms with Gasteiger partial charge in [-0.25, -0.2) is 4.98 Å². The summed E-state index contributed by atoms with van der Waals surface area (Å²) in [6, 6.07) is 0. The van der Waals surface area contributed by atoms with Gasteiger partial charge >= 0.3 is 0 Å². The molecule has 0 aromatic carbocycles. The van der Waals surface area contributed by atoms with Crippen LogP contribution in [-0.4, -0.2) is 30.7 Å². The molecule has 21 heavy (non-hydrogen) atoms. The molecule has 0 fully saturated rings. The molecule has 116 valence electrons. The molecule has 2 N–H and O–H groups in total. The Labute approximate surface area is 134 Å². The molecule has 8 heteroatoms. The van der Waals surface area contributed by atoms with E-state index in [0.29, 0.717) is 10.7 Å². The van der Waals surface area contributed by atoms with Crippen LogP contribution in [0, 0.1) is 4.77 Å². The average molecular weight is 326 g/mol. The lowest BCUT2D eigenvalue weighted by Gasteiger charge is -2.12. The van der Waals surface area contributed by atoms with Crippen LogP contribution in [0.3, 0.4) is 0 Å². The molecule has 0 atom stereocenters. The van der Waals surface area contributed by atoms with Gasteiger partial charge in [0.25, 0.3) is 0 Å². The maximum atomic E-state index is 5.27. The van der Waals surface area contributed by atoms with Gasteiger partial charge in [-0.3, -0.25) is 5.10 Å². The summed E-state index contributed by atoms with van der Waals surface area (Å²) in [6.45, 7) is 12.0. The number of hydrogen-bond acceptors (Lipinski definition) is 6. The summed E-state index contributed by atoms with van der Waals surface area (Å²) in [6.07, 6.45) is 0. The lowest BCUT2D eigenvalue weighted by molar-refractivity contribution is 0.555. The van der Waals surface area contributed by atoms with E-state index in [1.807, 2.05) is 4.57 Å². The zero-order valence-corrected chi connectivity index (χ0v) is 14.7. The van der Waals surface area contributed by atoms with Gasteiger partial charge in [-0.1, -0.05) is 34.6 Å². The molecule has 0 unspecified atom stereocenters. The van der Waals surface area contributed by atoms with Crippen molar-refractivity contribution >= 4 is 28.9 Å². The Bertz CT molecular complexity index is 646. The molecule has 0 aliphatic carbocycles. The fourth-order valence-electron chi connectivity index (χ4n) is 1.86. The minimum atomic E-state index is -0.0195. The second-order valence-electron chi connectivity index (χ2n) is 6.29. The Morgan fingerprint density at radius 1 is 1.38 bits per heavy atom. The highest BCUT2D eigenvalue weighted by atomic mass is 32.1. The van der Waals surface area contributed by atoms with E-state index < -0.39 is 0 Å². The molecule has 0 spiro atoms. The van der Waals surface area contributed by atoms with Crippen molar-refractivity contribution < 1.29 is 0 Å². The topological polar surface area (TPSA) is 71.4 Å². The van der Waals surface area contributed by atoms with Gasteiger partial charge in [-0.2, -0.15) is 9.47 Å². The summed E-state index contributed by atoms with van der Waals surface area (Å²) in [5.41, 5.74) is -0.0195. The van der Waals surface area contributed by atoms with Gasteiger partial charge in [0, 0.05) is 36.0 Å². The lowest BCUT2D eigenvalue weighted by atomic mass is 9.96. The fraction of sp³-hybridized carbons (Fsp3) is 0.692. The third-order valence-electron chi connectivity index (χ3n) is 3.01. The Kier molecular flexibility index (Phi) is 4.77. The van der Waals surface area contributed by atoms with Crippen LogP contribution >= 0.6 is 23.8 Å². The zero-order chi connectivity index (χ0) is 15.6. The van der Waals surface area contributed by atoms with E-state index in [0.717, 1.165) is 29.9 Å². The highest BCUT2D eigenvalue weighted by Crippen LogP contribution is 2.22. The molecule has 0 aliphatic rings. The van der Waals surface area contributed by atoms with Crippen LogP contribution in [0.2, 0.25) is 0 Å². The molecule has 2 aromatic heterocycles. The van der Waals surface area contributed by atoms with Crippen molar-refractivity contribution in [1.82, 2.24) is 24.1 Å². The number of H-pyrrole nitrogens is 1. The van der Waals surface area contributed by atoms with Gasteiger partial charge in [0.15, 0.2) is 4.77 Å². The Balaban J connectivity index is 1.98. The third kappa shape index (κ3) is 3.88. The van der Waals surface area contributed by atoms with Crippen molar-refractivity contribution in [3.63, 3.8) is 0 Å². The Morgan fingerprint density at radius 3 is 2.67 bits per heavy atom. The Morgan fingerprint density at radius 2 is 2.10 bits per heavy atom. The SMILES string of the molecule is CC(C)c1n[nH]c(=S)n1CCNc1nc(C(C)(C)C)ns1. The van der Waals surface area contributed by atoms with Crippen LogP contribution in [0.1, 0.15) is 52.2 Å². The van der Waals surface area contributed by atoms with Gasteiger partial charge in [0.05, 0.1) is 0 Å². The number of anilines is 1. The van der Waals surface area contributed by atoms with Crippen molar-refractivity contribution in [3.8, 4) is 0 Å². The van der Waals surface area contributed by atoms with E-state index in [1.54, 1.807) is 0 Å². The molecule has 2 aromatic rings. The van der Waals surface area contributed by atoms with Crippen molar-refractivity contribution in [2.45, 2.75) is 52.5 Å². The summed E-state index contributed by atoms with van der Waals surface area (Å²) in [5, 5.41) is 11.3. The minimum Gasteiger partial charge on any atom is -0.358 e. The maximum Gasteiger partial charge on any atom is 0.202 e. The molecular weight excluding hydrogens is 304 g/mol. The first-order chi connectivity index (χ1) is 9.79. The number of aromatic amines is 1. The van der Waals surface area contributed by atoms with Crippen LogP contribution in [0.4, 0.5) is 5.13 Å². The molecule has 0 saturated heterocycles. The summed E-state index contributed by atoms with van der Waals surface area (Å²) in [4.78, 5) is 4.52. The molecule has 2 rings (SSSR count). The van der Waals surface area contributed by atoms with Crippen LogP contribution in [-0.2, 0) is 12.0 Å². The molecule has 0 radical (unpaired) electrons. The van der Waals surface area contributed by atoms with E-state index >= 15 is 0 Å². The smallest absolute Gasteiger partial charge is 0.202 e. The van der Waals surface area contributed by atoms with Gasteiger partial charge in [-0.15, -0.1) is 0 Å². The van der Waals surface area contributed by atoms with E-state index in [-0.39, 0.29) is 5.41 Å². The van der Waals surface area contributed by atoms with Crippen molar-refractivity contribution in [3.05, 3.63) is 16.4 Å². The van der Waals surface area contributed by atoms with Crippen LogP contribution in [0.25, 0.3) is 0 Å². The van der Waals surface area contributed by atoms with Gasteiger partial charge in [0.2, 0.25) is 5.13 Å². The van der Waals surface area contributed by atoms with Crippen LogP contribution in [0.5, 0.6) is 0 Å². The van der Waals surface area contributed by atoms with E-state index in [4.69, 9.17) is 12.2 Å². The predicted molar refractivity (Wildman–Crippen MR) is 88.6 cm³/mol. The van der Waals surface area contributed by atoms with Gasteiger partial charge < -0.3 is 9.88 Å². The van der Waals surface area contributed by atoms with E-state index in [9.17, 15) is 0 Å². The van der Waals surface area contributed by atoms with Crippen molar-refractivity contribution in [2.24, 2.45) is 0 Å². The quantitative estimate of drug-likeness (QED) is 0.825. The van der Waals surface area contributed by atoms with Gasteiger partial charge in [-0.05, 0) is 12.2 Å². The molecule has 0 aliphatic heterocycles. The predicted octanol–water partition coefficient (Wildman–Crippen LogP) is 3.33. The molecule has 6 nitrogen and oxygen atoms in total. The molecule has 0 bridgehead atoms. The molecule has 0 amide bonds. The number of rotatable bonds is 5. The first-order valence-corrected chi connectivity index (χ1v) is 8.20. The van der Waals surface area contributed by atoms with Crippen molar-refractivity contribution in [2.75, 3.05) is 11.9 Å². The van der Waals surface area contributed by atoms with E-state index in [2.05, 4.69) is 59.5 Å². The summed E-state index contributed by atoms with van der Waals surface area (Å²) in [7, 11) is 0. The average Bonchev–Trinajstić information content (AvgIpc) is 2.97. The monoisotopic (exact) mass is 326 g/mol. The molecule has 0 saturated carbocycles. The molecule has 2 heterocycles. The van der Waals surface area contributed by atoms with Crippen LogP contribution in [0.15, 0.2) is 0 Å². The second-order valence-corrected chi connectivity index (χ2v) is 7.43.